The normalized spacial score (nSPS) is 17.6. The Labute approximate surface area is 118 Å². The van der Waals surface area contributed by atoms with Crippen LogP contribution < -0.4 is 10.1 Å². The molecule has 2 nitrogen and oxygen atoms in total. The van der Waals surface area contributed by atoms with Gasteiger partial charge in [0.05, 0.1) is 17.8 Å². The van der Waals surface area contributed by atoms with E-state index in [4.69, 9.17) is 4.74 Å². The number of anilines is 1. The monoisotopic (exact) mass is 297 g/mol. The molecule has 110 valence electrons. The number of rotatable bonds is 1. The molecule has 0 amide bonds. The zero-order valence-corrected chi connectivity index (χ0v) is 10.7. The van der Waals surface area contributed by atoms with Crippen LogP contribution in [0.25, 0.3) is 0 Å². The molecular weight excluding hydrogens is 286 g/mol. The number of nitrogens with one attached hydrogen (secondary N) is 1. The van der Waals surface area contributed by atoms with Crippen LogP contribution >= 0.6 is 0 Å². The first-order valence-corrected chi connectivity index (χ1v) is 6.31. The second-order valence-corrected chi connectivity index (χ2v) is 4.71. The second-order valence-electron chi connectivity index (χ2n) is 4.71. The number of alkyl halides is 3. The summed E-state index contributed by atoms with van der Waals surface area (Å²) in [6.45, 7) is 0.142. The highest BCUT2D eigenvalue weighted by atomic mass is 19.4. The molecule has 1 aliphatic heterocycles. The van der Waals surface area contributed by atoms with Gasteiger partial charge in [-0.3, -0.25) is 0 Å². The van der Waals surface area contributed by atoms with E-state index < -0.39 is 23.7 Å². The van der Waals surface area contributed by atoms with Gasteiger partial charge >= 0.3 is 6.18 Å². The van der Waals surface area contributed by atoms with Crippen LogP contribution in [0.4, 0.5) is 23.2 Å². The van der Waals surface area contributed by atoms with E-state index in [-0.39, 0.29) is 12.1 Å². The fraction of sp³-hybridized carbons (Fsp3) is 0.200. The van der Waals surface area contributed by atoms with Gasteiger partial charge in [-0.1, -0.05) is 18.2 Å². The van der Waals surface area contributed by atoms with Gasteiger partial charge < -0.3 is 10.1 Å². The topological polar surface area (TPSA) is 21.3 Å². The van der Waals surface area contributed by atoms with Crippen LogP contribution in [0.2, 0.25) is 0 Å². The molecule has 0 aromatic heterocycles. The van der Waals surface area contributed by atoms with Crippen LogP contribution in [0, 0.1) is 5.82 Å². The smallest absolute Gasteiger partial charge is 0.416 e. The van der Waals surface area contributed by atoms with Crippen molar-refractivity contribution in [2.75, 3.05) is 11.9 Å². The molecule has 1 N–H and O–H groups in total. The van der Waals surface area contributed by atoms with Crippen molar-refractivity contribution in [3.8, 4) is 5.75 Å². The van der Waals surface area contributed by atoms with Crippen molar-refractivity contribution in [2.45, 2.75) is 12.3 Å². The molecule has 0 saturated heterocycles. The largest absolute Gasteiger partial charge is 0.482 e. The van der Waals surface area contributed by atoms with Crippen LogP contribution in [0.15, 0.2) is 42.5 Å². The molecule has 1 aliphatic rings. The van der Waals surface area contributed by atoms with E-state index in [2.05, 4.69) is 5.32 Å². The Hall–Kier alpha value is -2.24. The van der Waals surface area contributed by atoms with Crippen LogP contribution in [-0.4, -0.2) is 6.54 Å². The summed E-state index contributed by atoms with van der Waals surface area (Å²) in [5, 5.41) is 2.90. The number of fused-ring (bicyclic) bond motifs is 1. The zero-order chi connectivity index (χ0) is 15.0. The average Bonchev–Trinajstić information content (AvgIpc) is 2.46. The van der Waals surface area contributed by atoms with Crippen molar-refractivity contribution in [3.63, 3.8) is 0 Å². The van der Waals surface area contributed by atoms with Gasteiger partial charge in [-0.15, -0.1) is 0 Å². The number of hydrogen-bond donors (Lipinski definition) is 1. The number of hydrogen-bond acceptors (Lipinski definition) is 2. The van der Waals surface area contributed by atoms with Gasteiger partial charge in [0, 0.05) is 11.6 Å². The SMILES string of the molecule is Fc1ccc2c(c1)NCC(c1ccccc1C(F)(F)F)O2. The third-order valence-corrected chi connectivity index (χ3v) is 3.30. The molecule has 0 bridgehead atoms. The molecule has 1 atom stereocenters. The Balaban J connectivity index is 1.95. The van der Waals surface area contributed by atoms with Gasteiger partial charge in [0.25, 0.3) is 0 Å². The first-order valence-electron chi connectivity index (χ1n) is 6.31. The minimum Gasteiger partial charge on any atom is -0.482 e. The van der Waals surface area contributed by atoms with Crippen LogP contribution in [0.5, 0.6) is 5.75 Å². The summed E-state index contributed by atoms with van der Waals surface area (Å²) in [5.41, 5.74) is -0.217. The zero-order valence-electron chi connectivity index (χ0n) is 10.7. The first-order chi connectivity index (χ1) is 9.95. The predicted octanol–water partition coefficient (Wildman–Crippen LogP) is 4.39. The molecule has 0 spiro atoms. The Bertz CT molecular complexity index is 669. The highest BCUT2D eigenvalue weighted by molar-refractivity contribution is 5.58. The highest BCUT2D eigenvalue weighted by Crippen LogP contribution is 2.39. The number of halogens is 4. The Morgan fingerprint density at radius 1 is 1.10 bits per heavy atom. The first kappa shape index (κ1) is 13.7. The highest BCUT2D eigenvalue weighted by Gasteiger charge is 2.36. The van der Waals surface area contributed by atoms with Gasteiger partial charge in [0.1, 0.15) is 17.7 Å². The van der Waals surface area contributed by atoms with E-state index >= 15 is 0 Å². The molecular formula is C15H11F4NO. The minimum absolute atomic E-state index is 0.0625. The number of benzene rings is 2. The van der Waals surface area contributed by atoms with Crippen molar-refractivity contribution in [1.82, 2.24) is 0 Å². The molecule has 0 aliphatic carbocycles. The second kappa shape index (κ2) is 4.95. The lowest BCUT2D eigenvalue weighted by Gasteiger charge is -2.29. The lowest BCUT2D eigenvalue weighted by Crippen LogP contribution is -2.26. The molecule has 2 aromatic carbocycles. The Kier molecular flexibility index (Phi) is 3.23. The summed E-state index contributed by atoms with van der Waals surface area (Å²) in [7, 11) is 0. The van der Waals surface area contributed by atoms with Crippen molar-refractivity contribution in [1.29, 1.82) is 0 Å². The maximum atomic E-state index is 13.1. The molecule has 21 heavy (non-hydrogen) atoms. The molecule has 0 radical (unpaired) electrons. The summed E-state index contributed by atoms with van der Waals surface area (Å²) in [6, 6.07) is 9.16. The average molecular weight is 297 g/mol. The molecule has 1 unspecified atom stereocenters. The van der Waals surface area contributed by atoms with Crippen LogP contribution in [0.3, 0.4) is 0 Å². The van der Waals surface area contributed by atoms with E-state index in [1.165, 1.54) is 36.4 Å². The van der Waals surface area contributed by atoms with E-state index in [1.54, 1.807) is 0 Å². The van der Waals surface area contributed by atoms with E-state index in [0.29, 0.717) is 11.4 Å². The lowest BCUT2D eigenvalue weighted by molar-refractivity contribution is -0.139. The predicted molar refractivity (Wildman–Crippen MR) is 69.7 cm³/mol. The van der Waals surface area contributed by atoms with Crippen LogP contribution in [0.1, 0.15) is 17.2 Å². The van der Waals surface area contributed by atoms with Gasteiger partial charge in [0.15, 0.2) is 0 Å². The van der Waals surface area contributed by atoms with Crippen molar-refractivity contribution in [3.05, 3.63) is 59.4 Å². The molecule has 3 rings (SSSR count). The summed E-state index contributed by atoms with van der Waals surface area (Å²) in [6.07, 6.45) is -5.22. The third kappa shape index (κ3) is 2.66. The fourth-order valence-corrected chi connectivity index (χ4v) is 2.35. The molecule has 1 heterocycles. The van der Waals surface area contributed by atoms with E-state index in [1.807, 2.05) is 0 Å². The summed E-state index contributed by atoms with van der Waals surface area (Å²) in [4.78, 5) is 0. The van der Waals surface area contributed by atoms with Crippen molar-refractivity contribution in [2.24, 2.45) is 0 Å². The summed E-state index contributed by atoms with van der Waals surface area (Å²) >= 11 is 0. The Morgan fingerprint density at radius 2 is 1.86 bits per heavy atom. The lowest BCUT2D eigenvalue weighted by atomic mass is 10.0. The van der Waals surface area contributed by atoms with Crippen molar-refractivity contribution >= 4 is 5.69 Å². The third-order valence-electron chi connectivity index (χ3n) is 3.30. The standard InChI is InChI=1S/C15H11F4NO/c16-9-5-6-13-12(7-9)20-8-14(21-13)10-3-1-2-4-11(10)15(17,18)19/h1-7,14,20H,8H2. The minimum atomic E-state index is -4.44. The Morgan fingerprint density at radius 3 is 2.62 bits per heavy atom. The molecule has 0 saturated carbocycles. The maximum Gasteiger partial charge on any atom is 0.416 e. The van der Waals surface area contributed by atoms with Crippen molar-refractivity contribution < 1.29 is 22.3 Å². The molecule has 2 aromatic rings. The van der Waals surface area contributed by atoms with Gasteiger partial charge in [0.2, 0.25) is 0 Å². The fourth-order valence-electron chi connectivity index (χ4n) is 2.35. The number of ether oxygens (including phenoxy) is 1. The quantitative estimate of drug-likeness (QED) is 0.788. The summed E-state index contributed by atoms with van der Waals surface area (Å²) < 4.78 is 57.8. The molecule has 6 heteroatoms. The van der Waals surface area contributed by atoms with Gasteiger partial charge in [-0.25, -0.2) is 4.39 Å². The van der Waals surface area contributed by atoms with Gasteiger partial charge in [-0.2, -0.15) is 13.2 Å². The maximum absolute atomic E-state index is 13.1. The summed E-state index contributed by atoms with van der Waals surface area (Å²) in [5.74, 6) is -0.0939. The van der Waals surface area contributed by atoms with Crippen LogP contribution in [-0.2, 0) is 6.18 Å². The van der Waals surface area contributed by atoms with E-state index in [0.717, 1.165) is 6.07 Å². The van der Waals surface area contributed by atoms with E-state index in [9.17, 15) is 17.6 Å². The van der Waals surface area contributed by atoms with Gasteiger partial charge in [-0.05, 0) is 18.2 Å². The molecule has 0 fully saturated rings.